The van der Waals surface area contributed by atoms with Crippen LogP contribution in [0.15, 0.2) is 66.2 Å². The quantitative estimate of drug-likeness (QED) is 0.304. The summed E-state index contributed by atoms with van der Waals surface area (Å²) < 4.78 is 5.51. The number of rotatable bonds is 7. The summed E-state index contributed by atoms with van der Waals surface area (Å²) >= 11 is 12.3. The van der Waals surface area contributed by atoms with Crippen molar-refractivity contribution in [2.75, 3.05) is 17.2 Å². The summed E-state index contributed by atoms with van der Waals surface area (Å²) in [4.78, 5) is 24.6. The van der Waals surface area contributed by atoms with Crippen molar-refractivity contribution in [3.63, 3.8) is 0 Å². The van der Waals surface area contributed by atoms with E-state index in [0.29, 0.717) is 27.7 Å². The number of hydrogen-bond donors (Lipinski definition) is 2. The highest BCUT2D eigenvalue weighted by atomic mass is 35.5. The average molecular weight is 494 g/mol. The number of nitrogens with one attached hydrogen (secondary N) is 2. The first-order valence-electron chi connectivity index (χ1n) is 10.2. The SMILES string of the molecule is Cc1cccc(NC(=O)/C(C#N)=C/c2ccc(OCC(=O)Nc3ccc(C)c(Cl)c3)c(Cl)c2)c1. The second-order valence-electron chi connectivity index (χ2n) is 7.48. The first kappa shape index (κ1) is 24.8. The van der Waals surface area contributed by atoms with Gasteiger partial charge in [0.15, 0.2) is 6.61 Å². The Morgan fingerprint density at radius 1 is 0.971 bits per heavy atom. The third-order valence-corrected chi connectivity index (χ3v) is 5.42. The second-order valence-corrected chi connectivity index (χ2v) is 8.30. The van der Waals surface area contributed by atoms with Crippen molar-refractivity contribution >= 4 is 52.5 Å². The second kappa shape index (κ2) is 11.4. The zero-order valence-electron chi connectivity index (χ0n) is 18.5. The molecule has 3 aromatic carbocycles. The van der Waals surface area contributed by atoms with Crippen molar-refractivity contribution < 1.29 is 14.3 Å². The van der Waals surface area contributed by atoms with Crippen LogP contribution in [0, 0.1) is 25.2 Å². The highest BCUT2D eigenvalue weighted by Crippen LogP contribution is 2.27. The fourth-order valence-corrected chi connectivity index (χ4v) is 3.40. The van der Waals surface area contributed by atoms with Crippen molar-refractivity contribution in [1.29, 1.82) is 5.26 Å². The van der Waals surface area contributed by atoms with Gasteiger partial charge in [0.25, 0.3) is 11.8 Å². The maximum Gasteiger partial charge on any atom is 0.266 e. The summed E-state index contributed by atoms with van der Waals surface area (Å²) in [5.74, 6) is -0.615. The molecule has 0 aliphatic rings. The summed E-state index contributed by atoms with van der Waals surface area (Å²) in [5.41, 5.74) is 3.50. The molecule has 0 aliphatic carbocycles. The van der Waals surface area contributed by atoms with E-state index in [-0.39, 0.29) is 23.1 Å². The molecule has 0 saturated carbocycles. The zero-order valence-corrected chi connectivity index (χ0v) is 20.0. The van der Waals surface area contributed by atoms with Gasteiger partial charge in [-0.15, -0.1) is 0 Å². The molecule has 0 atom stereocenters. The molecule has 3 rings (SSSR count). The number of anilines is 2. The van der Waals surface area contributed by atoms with E-state index in [1.165, 1.54) is 6.08 Å². The first-order chi connectivity index (χ1) is 16.2. The lowest BCUT2D eigenvalue weighted by Gasteiger charge is -2.10. The number of ether oxygens (including phenoxy) is 1. The molecule has 6 nitrogen and oxygen atoms in total. The van der Waals surface area contributed by atoms with Gasteiger partial charge in [-0.1, -0.05) is 47.5 Å². The minimum Gasteiger partial charge on any atom is -0.482 e. The third kappa shape index (κ3) is 6.85. The van der Waals surface area contributed by atoms with Crippen molar-refractivity contribution in [2.24, 2.45) is 0 Å². The highest BCUT2D eigenvalue weighted by molar-refractivity contribution is 6.32. The number of nitrogens with zero attached hydrogens (tertiary/aromatic N) is 1. The van der Waals surface area contributed by atoms with Gasteiger partial charge in [0, 0.05) is 16.4 Å². The van der Waals surface area contributed by atoms with E-state index in [2.05, 4.69) is 10.6 Å². The van der Waals surface area contributed by atoms with Crippen LogP contribution in [-0.2, 0) is 9.59 Å². The summed E-state index contributed by atoms with van der Waals surface area (Å²) in [6, 6.07) is 19.1. The van der Waals surface area contributed by atoms with Gasteiger partial charge in [0.2, 0.25) is 0 Å². The molecule has 0 radical (unpaired) electrons. The van der Waals surface area contributed by atoms with Crippen LogP contribution >= 0.6 is 23.2 Å². The fourth-order valence-electron chi connectivity index (χ4n) is 2.97. The Hall–Kier alpha value is -3.79. The van der Waals surface area contributed by atoms with E-state index in [1.54, 1.807) is 48.5 Å². The summed E-state index contributed by atoms with van der Waals surface area (Å²) in [6.07, 6.45) is 1.43. The van der Waals surface area contributed by atoms with Crippen LogP contribution in [0.1, 0.15) is 16.7 Å². The minimum atomic E-state index is -0.530. The number of hydrogen-bond acceptors (Lipinski definition) is 4. The van der Waals surface area contributed by atoms with Crippen LogP contribution < -0.4 is 15.4 Å². The zero-order chi connectivity index (χ0) is 24.7. The number of amides is 2. The number of aryl methyl sites for hydroxylation is 2. The molecule has 3 aromatic rings. The highest BCUT2D eigenvalue weighted by Gasteiger charge is 2.12. The number of benzene rings is 3. The van der Waals surface area contributed by atoms with Crippen LogP contribution in [0.25, 0.3) is 6.08 Å². The van der Waals surface area contributed by atoms with Crippen LogP contribution in [0.4, 0.5) is 11.4 Å². The van der Waals surface area contributed by atoms with Gasteiger partial charge in [0.1, 0.15) is 17.4 Å². The Morgan fingerprint density at radius 2 is 1.74 bits per heavy atom. The van der Waals surface area contributed by atoms with E-state index in [9.17, 15) is 14.9 Å². The van der Waals surface area contributed by atoms with E-state index in [4.69, 9.17) is 27.9 Å². The molecular formula is C26H21Cl2N3O3. The standard InChI is InChI=1S/C26H21Cl2N3O3/c1-16-4-3-5-20(10-16)31-26(33)19(14-29)11-18-7-9-24(23(28)12-18)34-15-25(32)30-21-8-6-17(2)22(27)13-21/h3-13H,15H2,1-2H3,(H,30,32)(H,31,33)/b19-11+. The molecule has 0 unspecified atom stereocenters. The van der Waals surface area contributed by atoms with Crippen LogP contribution in [0.5, 0.6) is 5.75 Å². The Kier molecular flexibility index (Phi) is 8.31. The lowest BCUT2D eigenvalue weighted by molar-refractivity contribution is -0.118. The van der Waals surface area contributed by atoms with E-state index in [1.807, 2.05) is 32.0 Å². The molecule has 2 amide bonds. The number of carbonyl (C=O) groups excluding carboxylic acids is 2. The van der Waals surface area contributed by atoms with Crippen LogP contribution in [0.3, 0.4) is 0 Å². The van der Waals surface area contributed by atoms with Gasteiger partial charge in [0.05, 0.1) is 5.02 Å². The lowest BCUT2D eigenvalue weighted by atomic mass is 10.1. The summed E-state index contributed by atoms with van der Waals surface area (Å²) in [6.45, 7) is 3.51. The van der Waals surface area contributed by atoms with Gasteiger partial charge < -0.3 is 15.4 Å². The first-order valence-corrected chi connectivity index (χ1v) is 11.0. The molecule has 0 heterocycles. The van der Waals surface area contributed by atoms with Crippen molar-refractivity contribution in [2.45, 2.75) is 13.8 Å². The van der Waals surface area contributed by atoms with Gasteiger partial charge in [-0.3, -0.25) is 9.59 Å². The number of nitriles is 1. The maximum absolute atomic E-state index is 12.5. The largest absolute Gasteiger partial charge is 0.482 e. The fraction of sp³-hybridized carbons (Fsp3) is 0.115. The van der Waals surface area contributed by atoms with E-state index >= 15 is 0 Å². The lowest BCUT2D eigenvalue weighted by Crippen LogP contribution is -2.20. The molecule has 0 saturated heterocycles. The molecule has 172 valence electrons. The molecule has 34 heavy (non-hydrogen) atoms. The van der Waals surface area contributed by atoms with Crippen molar-refractivity contribution in [1.82, 2.24) is 0 Å². The molecule has 0 aliphatic heterocycles. The third-order valence-electron chi connectivity index (χ3n) is 4.72. The van der Waals surface area contributed by atoms with E-state index < -0.39 is 5.91 Å². The Bertz CT molecular complexity index is 1310. The maximum atomic E-state index is 12.5. The molecule has 0 aromatic heterocycles. The Balaban J connectivity index is 1.63. The predicted octanol–water partition coefficient (Wildman–Crippen LogP) is 6.17. The molecule has 0 fully saturated rings. The molecule has 0 bridgehead atoms. The molecular weight excluding hydrogens is 473 g/mol. The number of halogens is 2. The molecule has 2 N–H and O–H groups in total. The average Bonchev–Trinajstić information content (AvgIpc) is 2.79. The molecule has 8 heteroatoms. The monoisotopic (exact) mass is 493 g/mol. The van der Waals surface area contributed by atoms with Gasteiger partial charge in [-0.2, -0.15) is 5.26 Å². The van der Waals surface area contributed by atoms with Gasteiger partial charge in [-0.25, -0.2) is 0 Å². The van der Waals surface area contributed by atoms with Crippen LogP contribution in [0.2, 0.25) is 10.0 Å². The Morgan fingerprint density at radius 3 is 2.41 bits per heavy atom. The Labute approximate surface area is 207 Å². The van der Waals surface area contributed by atoms with Gasteiger partial charge in [-0.05, 0) is 73.0 Å². The van der Waals surface area contributed by atoms with Crippen molar-refractivity contribution in [3.05, 3.63) is 93.0 Å². The summed E-state index contributed by atoms with van der Waals surface area (Å²) in [5, 5.41) is 15.6. The smallest absolute Gasteiger partial charge is 0.266 e. The number of carbonyl (C=O) groups is 2. The van der Waals surface area contributed by atoms with Crippen LogP contribution in [-0.4, -0.2) is 18.4 Å². The topological polar surface area (TPSA) is 91.2 Å². The van der Waals surface area contributed by atoms with Gasteiger partial charge >= 0.3 is 0 Å². The minimum absolute atomic E-state index is 0.0811. The molecule has 0 spiro atoms. The summed E-state index contributed by atoms with van der Waals surface area (Å²) in [7, 11) is 0. The van der Waals surface area contributed by atoms with Crippen molar-refractivity contribution in [3.8, 4) is 11.8 Å². The predicted molar refractivity (Wildman–Crippen MR) is 135 cm³/mol. The van der Waals surface area contributed by atoms with E-state index in [0.717, 1.165) is 11.1 Å². The normalized spacial score (nSPS) is 10.9.